The highest BCUT2D eigenvalue weighted by Crippen LogP contribution is 2.26. The number of nitrogens with zero attached hydrogens (tertiary/aromatic N) is 3. The number of rotatable bonds is 8. The van der Waals surface area contributed by atoms with Gasteiger partial charge in [-0.2, -0.15) is 0 Å². The molecule has 0 fully saturated rings. The minimum absolute atomic E-state index is 0.0902. The fraction of sp³-hybridized carbons (Fsp3) is 0.0870. The van der Waals surface area contributed by atoms with E-state index in [-0.39, 0.29) is 18.0 Å². The molecule has 0 aliphatic heterocycles. The van der Waals surface area contributed by atoms with Crippen LogP contribution < -0.4 is 10.1 Å². The maximum absolute atomic E-state index is 13.8. The molecule has 6 nitrogen and oxygen atoms in total. The van der Waals surface area contributed by atoms with E-state index in [4.69, 9.17) is 16.3 Å². The lowest BCUT2D eigenvalue weighted by Crippen LogP contribution is -2.16. The van der Waals surface area contributed by atoms with E-state index in [0.717, 1.165) is 35.6 Å². The number of benzene rings is 3. The van der Waals surface area contributed by atoms with Gasteiger partial charge in [-0.05, 0) is 36.4 Å². The topological polar surface area (TPSA) is 69.0 Å². The number of anilines is 1. The number of carbonyl (C=O) groups is 1. The second-order valence-corrected chi connectivity index (χ2v) is 8.10. The number of thioether (sulfide) groups is 1. The van der Waals surface area contributed by atoms with Crippen molar-refractivity contribution < 1.29 is 18.3 Å². The molecular formula is C23H17ClF2N4O2S. The molecular weight excluding hydrogens is 470 g/mol. The van der Waals surface area contributed by atoms with Crippen LogP contribution in [0.2, 0.25) is 5.02 Å². The van der Waals surface area contributed by atoms with Gasteiger partial charge in [0, 0.05) is 11.8 Å². The standard InChI is InChI=1S/C23H17ClF2N4O2S/c24-17-8-4-5-9-20(17)32-13-21-28-29-23(30(21)16-6-2-1-3-7-16)33-14-22(31)27-19-12-15(25)10-11-18(19)26/h1-12H,13-14H2,(H,27,31). The number of ether oxygens (including phenoxy) is 1. The van der Waals surface area contributed by atoms with Gasteiger partial charge in [-0.15, -0.1) is 10.2 Å². The lowest BCUT2D eigenvalue weighted by atomic mass is 10.3. The number of amides is 1. The molecule has 10 heteroatoms. The van der Waals surface area contributed by atoms with Gasteiger partial charge in [0.1, 0.15) is 24.0 Å². The number of para-hydroxylation sites is 2. The molecule has 0 unspecified atom stereocenters. The second-order valence-electron chi connectivity index (χ2n) is 6.75. The Balaban J connectivity index is 1.51. The monoisotopic (exact) mass is 486 g/mol. The van der Waals surface area contributed by atoms with Crippen LogP contribution in [0.3, 0.4) is 0 Å². The third kappa shape index (κ3) is 5.68. The van der Waals surface area contributed by atoms with E-state index < -0.39 is 17.5 Å². The molecule has 168 valence electrons. The molecule has 0 radical (unpaired) electrons. The Labute approximate surface area is 197 Å². The smallest absolute Gasteiger partial charge is 0.234 e. The van der Waals surface area contributed by atoms with Gasteiger partial charge in [-0.25, -0.2) is 8.78 Å². The Kier molecular flexibility index (Phi) is 7.21. The van der Waals surface area contributed by atoms with Crippen LogP contribution in [0.5, 0.6) is 5.75 Å². The largest absolute Gasteiger partial charge is 0.484 e. The Morgan fingerprint density at radius 1 is 1.03 bits per heavy atom. The molecule has 1 N–H and O–H groups in total. The van der Waals surface area contributed by atoms with E-state index in [2.05, 4.69) is 15.5 Å². The molecule has 3 aromatic carbocycles. The molecule has 33 heavy (non-hydrogen) atoms. The van der Waals surface area contributed by atoms with Crippen LogP contribution in [-0.4, -0.2) is 26.4 Å². The molecule has 0 atom stereocenters. The van der Waals surface area contributed by atoms with Gasteiger partial charge in [0.2, 0.25) is 5.91 Å². The van der Waals surface area contributed by atoms with Crippen molar-refractivity contribution in [3.63, 3.8) is 0 Å². The van der Waals surface area contributed by atoms with Crippen molar-refractivity contribution >= 4 is 35.0 Å². The van der Waals surface area contributed by atoms with Crippen LogP contribution in [-0.2, 0) is 11.4 Å². The molecule has 4 rings (SSSR count). The van der Waals surface area contributed by atoms with E-state index in [1.165, 1.54) is 0 Å². The SMILES string of the molecule is O=C(CSc1nnc(COc2ccccc2Cl)n1-c1ccccc1)Nc1cc(F)ccc1F. The van der Waals surface area contributed by atoms with Gasteiger partial charge in [0.05, 0.1) is 16.5 Å². The molecule has 0 spiro atoms. The van der Waals surface area contributed by atoms with Gasteiger partial charge in [-0.1, -0.05) is 53.7 Å². The van der Waals surface area contributed by atoms with Crippen molar-refractivity contribution in [2.75, 3.05) is 11.1 Å². The molecule has 0 saturated heterocycles. The lowest BCUT2D eigenvalue weighted by Gasteiger charge is -2.12. The first-order valence-corrected chi connectivity index (χ1v) is 11.1. The van der Waals surface area contributed by atoms with Crippen LogP contribution in [0.4, 0.5) is 14.5 Å². The summed E-state index contributed by atoms with van der Waals surface area (Å²) < 4.78 is 34.7. The molecule has 1 amide bonds. The zero-order chi connectivity index (χ0) is 23.2. The van der Waals surface area contributed by atoms with Crippen LogP contribution in [0.1, 0.15) is 5.82 Å². The fourth-order valence-electron chi connectivity index (χ4n) is 2.94. The number of aromatic nitrogens is 3. The summed E-state index contributed by atoms with van der Waals surface area (Å²) in [7, 11) is 0. The molecule has 0 aliphatic rings. The van der Waals surface area contributed by atoms with Crippen molar-refractivity contribution in [2.24, 2.45) is 0 Å². The van der Waals surface area contributed by atoms with Crippen molar-refractivity contribution in [1.29, 1.82) is 0 Å². The first-order valence-electron chi connectivity index (χ1n) is 9.76. The number of halogens is 3. The molecule has 4 aromatic rings. The summed E-state index contributed by atoms with van der Waals surface area (Å²) in [6.45, 7) is 0.0902. The minimum atomic E-state index is -0.721. The van der Waals surface area contributed by atoms with Crippen LogP contribution in [0, 0.1) is 11.6 Å². The average molecular weight is 487 g/mol. The summed E-state index contributed by atoms with van der Waals surface area (Å²) in [5.41, 5.74) is 0.554. The van der Waals surface area contributed by atoms with Crippen LogP contribution in [0.15, 0.2) is 78.0 Å². The highest BCUT2D eigenvalue weighted by atomic mass is 35.5. The minimum Gasteiger partial charge on any atom is -0.484 e. The number of carbonyl (C=O) groups excluding carboxylic acids is 1. The third-order valence-corrected chi connectivity index (χ3v) is 5.68. The highest BCUT2D eigenvalue weighted by Gasteiger charge is 2.17. The molecule has 1 aromatic heterocycles. The van der Waals surface area contributed by atoms with E-state index >= 15 is 0 Å². The fourth-order valence-corrected chi connectivity index (χ4v) is 3.90. The normalized spacial score (nSPS) is 10.8. The number of hydrogen-bond donors (Lipinski definition) is 1. The highest BCUT2D eigenvalue weighted by molar-refractivity contribution is 7.99. The van der Waals surface area contributed by atoms with Gasteiger partial charge in [0.25, 0.3) is 0 Å². The number of nitrogens with one attached hydrogen (secondary N) is 1. The summed E-state index contributed by atoms with van der Waals surface area (Å²) in [6, 6.07) is 19.3. The van der Waals surface area contributed by atoms with Crippen LogP contribution in [0.25, 0.3) is 5.69 Å². The van der Waals surface area contributed by atoms with Gasteiger partial charge >= 0.3 is 0 Å². The maximum Gasteiger partial charge on any atom is 0.234 e. The Hall–Kier alpha value is -3.43. The van der Waals surface area contributed by atoms with E-state index in [0.29, 0.717) is 21.8 Å². The molecule has 0 saturated carbocycles. The Bertz CT molecular complexity index is 1270. The Morgan fingerprint density at radius 2 is 1.79 bits per heavy atom. The zero-order valence-electron chi connectivity index (χ0n) is 17.0. The van der Waals surface area contributed by atoms with Crippen molar-refractivity contribution in [3.05, 3.63) is 95.3 Å². The molecule has 0 bridgehead atoms. The van der Waals surface area contributed by atoms with Gasteiger partial charge in [-0.3, -0.25) is 9.36 Å². The van der Waals surface area contributed by atoms with Gasteiger partial charge in [0.15, 0.2) is 11.0 Å². The zero-order valence-corrected chi connectivity index (χ0v) is 18.6. The van der Waals surface area contributed by atoms with E-state index in [9.17, 15) is 13.6 Å². The first kappa shape index (κ1) is 22.8. The van der Waals surface area contributed by atoms with Gasteiger partial charge < -0.3 is 10.1 Å². The predicted octanol–water partition coefficient (Wildman–Crippen LogP) is 5.51. The molecule has 0 aliphatic carbocycles. The predicted molar refractivity (Wildman–Crippen MR) is 123 cm³/mol. The second kappa shape index (κ2) is 10.5. The summed E-state index contributed by atoms with van der Waals surface area (Å²) >= 11 is 7.26. The molecule has 1 heterocycles. The summed E-state index contributed by atoms with van der Waals surface area (Å²) in [4.78, 5) is 12.3. The summed E-state index contributed by atoms with van der Waals surface area (Å²) in [6.07, 6.45) is 0. The van der Waals surface area contributed by atoms with Crippen molar-refractivity contribution in [2.45, 2.75) is 11.8 Å². The average Bonchev–Trinajstić information content (AvgIpc) is 3.23. The summed E-state index contributed by atoms with van der Waals surface area (Å²) in [5.74, 6) is -0.965. The number of hydrogen-bond acceptors (Lipinski definition) is 5. The maximum atomic E-state index is 13.8. The third-order valence-electron chi connectivity index (χ3n) is 4.44. The summed E-state index contributed by atoms with van der Waals surface area (Å²) in [5, 5.41) is 11.7. The van der Waals surface area contributed by atoms with Crippen molar-refractivity contribution in [3.8, 4) is 11.4 Å². The van der Waals surface area contributed by atoms with E-state index in [1.807, 2.05) is 36.4 Å². The van der Waals surface area contributed by atoms with Crippen molar-refractivity contribution in [1.82, 2.24) is 14.8 Å². The lowest BCUT2D eigenvalue weighted by molar-refractivity contribution is -0.113. The van der Waals surface area contributed by atoms with Crippen LogP contribution >= 0.6 is 23.4 Å². The first-order chi connectivity index (χ1) is 16.0. The quantitative estimate of drug-likeness (QED) is 0.333. The Morgan fingerprint density at radius 3 is 2.58 bits per heavy atom. The van der Waals surface area contributed by atoms with E-state index in [1.54, 1.807) is 22.8 Å².